The van der Waals surface area contributed by atoms with E-state index in [4.69, 9.17) is 9.47 Å². The van der Waals surface area contributed by atoms with Crippen LogP contribution in [0.1, 0.15) is 43.0 Å². The third-order valence-electron chi connectivity index (χ3n) is 3.40. The van der Waals surface area contributed by atoms with Gasteiger partial charge in [0.25, 0.3) is 5.91 Å². The summed E-state index contributed by atoms with van der Waals surface area (Å²) in [5.74, 6) is 0.694. The molecule has 1 aliphatic rings. The van der Waals surface area contributed by atoms with Crippen LogP contribution < -0.4 is 20.1 Å². The summed E-state index contributed by atoms with van der Waals surface area (Å²) >= 11 is 0. The fourth-order valence-corrected chi connectivity index (χ4v) is 2.14. The first-order chi connectivity index (χ1) is 10.7. The van der Waals surface area contributed by atoms with Gasteiger partial charge in [-0.2, -0.15) is 0 Å². The predicted octanol–water partition coefficient (Wildman–Crippen LogP) is 1.84. The highest BCUT2D eigenvalue weighted by atomic mass is 16.7. The average Bonchev–Trinajstić information content (AvgIpc) is 2.99. The fourth-order valence-electron chi connectivity index (χ4n) is 2.14. The second-order valence-electron chi connectivity index (χ2n) is 5.16. The third kappa shape index (κ3) is 4.65. The van der Waals surface area contributed by atoms with Gasteiger partial charge in [-0.05, 0) is 24.6 Å². The van der Waals surface area contributed by atoms with E-state index in [0.29, 0.717) is 23.6 Å². The molecule has 2 amide bonds. The lowest BCUT2D eigenvalue weighted by Gasteiger charge is -2.07. The van der Waals surface area contributed by atoms with Gasteiger partial charge in [-0.3, -0.25) is 9.59 Å². The largest absolute Gasteiger partial charge is 0.454 e. The maximum atomic E-state index is 12.0. The Bertz CT molecular complexity index is 531. The van der Waals surface area contributed by atoms with E-state index < -0.39 is 0 Å². The number of unbranched alkanes of at least 4 members (excludes halogenated alkanes) is 3. The molecular weight excluding hydrogens is 284 g/mol. The molecule has 2 N–H and O–H groups in total. The first-order valence-electron chi connectivity index (χ1n) is 7.65. The molecule has 0 unspecified atom stereocenters. The Labute approximate surface area is 130 Å². The maximum Gasteiger partial charge on any atom is 0.251 e. The quantitative estimate of drug-likeness (QED) is 0.719. The van der Waals surface area contributed by atoms with E-state index in [2.05, 4.69) is 17.6 Å². The van der Waals surface area contributed by atoms with Crippen LogP contribution in [0.3, 0.4) is 0 Å². The van der Waals surface area contributed by atoms with Gasteiger partial charge in [0.2, 0.25) is 12.7 Å². The van der Waals surface area contributed by atoms with Crippen LogP contribution in [0.15, 0.2) is 18.2 Å². The van der Waals surface area contributed by atoms with E-state index >= 15 is 0 Å². The molecule has 120 valence electrons. The molecule has 2 rings (SSSR count). The molecule has 6 nitrogen and oxygen atoms in total. The SMILES string of the molecule is CCCCCCNC(=O)CNC(=O)c1ccc2c(c1)OCO2. The molecule has 0 saturated carbocycles. The minimum atomic E-state index is -0.306. The number of fused-ring (bicyclic) bond motifs is 1. The molecule has 0 atom stereocenters. The van der Waals surface area contributed by atoms with Crippen molar-refractivity contribution in [2.24, 2.45) is 0 Å². The number of carbonyl (C=O) groups excluding carboxylic acids is 2. The molecule has 0 spiro atoms. The minimum absolute atomic E-state index is 0.0267. The Morgan fingerprint density at radius 2 is 1.91 bits per heavy atom. The van der Waals surface area contributed by atoms with Crippen LogP contribution in [0.5, 0.6) is 11.5 Å². The van der Waals surface area contributed by atoms with Gasteiger partial charge >= 0.3 is 0 Å². The van der Waals surface area contributed by atoms with Gasteiger partial charge in [-0.25, -0.2) is 0 Å². The lowest BCUT2D eigenvalue weighted by atomic mass is 10.2. The zero-order valence-electron chi connectivity index (χ0n) is 12.8. The van der Waals surface area contributed by atoms with Crippen molar-refractivity contribution in [1.29, 1.82) is 0 Å². The molecular formula is C16H22N2O4. The van der Waals surface area contributed by atoms with Crippen molar-refractivity contribution in [1.82, 2.24) is 10.6 Å². The first kappa shape index (κ1) is 16.1. The average molecular weight is 306 g/mol. The van der Waals surface area contributed by atoms with E-state index in [0.717, 1.165) is 12.8 Å². The van der Waals surface area contributed by atoms with Crippen molar-refractivity contribution >= 4 is 11.8 Å². The summed E-state index contributed by atoms with van der Waals surface area (Å²) in [5.41, 5.74) is 0.444. The Morgan fingerprint density at radius 1 is 1.09 bits per heavy atom. The minimum Gasteiger partial charge on any atom is -0.454 e. The molecule has 0 aromatic heterocycles. The van der Waals surface area contributed by atoms with Gasteiger partial charge < -0.3 is 20.1 Å². The number of rotatable bonds is 8. The number of nitrogens with one attached hydrogen (secondary N) is 2. The lowest BCUT2D eigenvalue weighted by molar-refractivity contribution is -0.120. The Hall–Kier alpha value is -2.24. The smallest absolute Gasteiger partial charge is 0.251 e. The maximum absolute atomic E-state index is 12.0. The molecule has 0 radical (unpaired) electrons. The zero-order chi connectivity index (χ0) is 15.8. The molecule has 0 bridgehead atoms. The Balaban J connectivity index is 1.70. The molecule has 1 aromatic rings. The number of carbonyl (C=O) groups is 2. The van der Waals surface area contributed by atoms with E-state index in [1.807, 2.05) is 0 Å². The highest BCUT2D eigenvalue weighted by Gasteiger charge is 2.16. The molecule has 6 heteroatoms. The van der Waals surface area contributed by atoms with E-state index in [1.54, 1.807) is 18.2 Å². The van der Waals surface area contributed by atoms with Crippen LogP contribution in [0.4, 0.5) is 0 Å². The van der Waals surface area contributed by atoms with E-state index in [-0.39, 0.29) is 25.2 Å². The van der Waals surface area contributed by atoms with Crippen molar-refractivity contribution in [2.75, 3.05) is 19.9 Å². The van der Waals surface area contributed by atoms with Crippen LogP contribution in [-0.2, 0) is 4.79 Å². The molecule has 22 heavy (non-hydrogen) atoms. The second-order valence-corrected chi connectivity index (χ2v) is 5.16. The van der Waals surface area contributed by atoms with Crippen molar-refractivity contribution in [3.8, 4) is 11.5 Å². The van der Waals surface area contributed by atoms with E-state index in [9.17, 15) is 9.59 Å². The van der Waals surface area contributed by atoms with Gasteiger partial charge in [0.05, 0.1) is 6.54 Å². The third-order valence-corrected chi connectivity index (χ3v) is 3.40. The number of benzene rings is 1. The van der Waals surface area contributed by atoms with Gasteiger partial charge in [0.1, 0.15) is 0 Å². The summed E-state index contributed by atoms with van der Waals surface area (Å²) in [6.07, 6.45) is 4.42. The van der Waals surface area contributed by atoms with Gasteiger partial charge in [-0.15, -0.1) is 0 Å². The molecule has 0 saturated heterocycles. The molecule has 1 heterocycles. The van der Waals surface area contributed by atoms with Gasteiger partial charge in [0, 0.05) is 12.1 Å². The van der Waals surface area contributed by atoms with Crippen LogP contribution in [0.2, 0.25) is 0 Å². The topological polar surface area (TPSA) is 76.7 Å². The summed E-state index contributed by atoms with van der Waals surface area (Å²) in [4.78, 5) is 23.6. The van der Waals surface area contributed by atoms with Crippen molar-refractivity contribution in [3.05, 3.63) is 23.8 Å². The van der Waals surface area contributed by atoms with Crippen LogP contribution in [-0.4, -0.2) is 31.7 Å². The monoisotopic (exact) mass is 306 g/mol. The molecule has 1 aromatic carbocycles. The number of hydrogen-bond acceptors (Lipinski definition) is 4. The van der Waals surface area contributed by atoms with Crippen molar-refractivity contribution in [2.45, 2.75) is 32.6 Å². The van der Waals surface area contributed by atoms with E-state index in [1.165, 1.54) is 12.8 Å². The number of hydrogen-bond donors (Lipinski definition) is 2. The molecule has 1 aliphatic heterocycles. The normalized spacial score (nSPS) is 12.0. The summed E-state index contributed by atoms with van der Waals surface area (Å²) in [7, 11) is 0. The number of amides is 2. The van der Waals surface area contributed by atoms with Gasteiger partial charge in [-0.1, -0.05) is 26.2 Å². The van der Waals surface area contributed by atoms with Crippen molar-refractivity contribution < 1.29 is 19.1 Å². The van der Waals surface area contributed by atoms with Crippen LogP contribution in [0.25, 0.3) is 0 Å². The summed E-state index contributed by atoms with van der Waals surface area (Å²) in [6.45, 7) is 2.94. The standard InChI is InChI=1S/C16H22N2O4/c1-2-3-4-5-8-17-15(19)10-18-16(20)12-6-7-13-14(9-12)22-11-21-13/h6-7,9H,2-5,8,10-11H2,1H3,(H,17,19)(H,18,20). The second kappa shape index (κ2) is 8.26. The lowest BCUT2D eigenvalue weighted by Crippen LogP contribution is -2.37. The predicted molar refractivity (Wildman–Crippen MR) is 82.0 cm³/mol. The van der Waals surface area contributed by atoms with Crippen molar-refractivity contribution in [3.63, 3.8) is 0 Å². The Morgan fingerprint density at radius 3 is 2.73 bits per heavy atom. The fraction of sp³-hybridized carbons (Fsp3) is 0.500. The zero-order valence-corrected chi connectivity index (χ0v) is 12.8. The first-order valence-corrected chi connectivity index (χ1v) is 7.65. The van der Waals surface area contributed by atoms with Gasteiger partial charge in [0.15, 0.2) is 11.5 Å². The summed E-state index contributed by atoms with van der Waals surface area (Å²) < 4.78 is 10.4. The molecule has 0 fully saturated rings. The highest BCUT2D eigenvalue weighted by Crippen LogP contribution is 2.32. The summed E-state index contributed by atoms with van der Waals surface area (Å²) in [6, 6.07) is 4.94. The van der Waals surface area contributed by atoms with Crippen LogP contribution in [0, 0.1) is 0 Å². The number of ether oxygens (including phenoxy) is 2. The Kier molecular flexibility index (Phi) is 6.06. The summed E-state index contributed by atoms with van der Waals surface area (Å²) in [5, 5.41) is 5.39. The molecule has 0 aliphatic carbocycles. The van der Waals surface area contributed by atoms with Crippen LogP contribution >= 0.6 is 0 Å². The highest BCUT2D eigenvalue weighted by molar-refractivity contribution is 5.97.